The number of aryl methyl sites for hydroxylation is 1. The summed E-state index contributed by atoms with van der Waals surface area (Å²) in [5.41, 5.74) is 6.48. The molecule has 4 rings (SSSR count). The van der Waals surface area contributed by atoms with Crippen molar-refractivity contribution >= 4 is 45.8 Å². The zero-order chi connectivity index (χ0) is 19.5. The Labute approximate surface area is 172 Å². The molecule has 1 aliphatic heterocycles. The predicted molar refractivity (Wildman–Crippen MR) is 114 cm³/mol. The van der Waals surface area contributed by atoms with Crippen molar-refractivity contribution in [1.29, 1.82) is 0 Å². The number of amides is 1. The van der Waals surface area contributed by atoms with Gasteiger partial charge >= 0.3 is 0 Å². The third-order valence-electron chi connectivity index (χ3n) is 4.97. The zero-order valence-electron chi connectivity index (χ0n) is 15.6. The number of rotatable bonds is 6. The van der Waals surface area contributed by atoms with Crippen molar-refractivity contribution in [2.45, 2.75) is 44.7 Å². The summed E-state index contributed by atoms with van der Waals surface area (Å²) in [7, 11) is 0. The Hall–Kier alpha value is -2.33. The Bertz CT molecular complexity index is 877. The largest absolute Gasteiger partial charge is 0.366 e. The Morgan fingerprint density at radius 1 is 1.32 bits per heavy atom. The van der Waals surface area contributed by atoms with Gasteiger partial charge in [0.15, 0.2) is 11.5 Å². The van der Waals surface area contributed by atoms with Crippen LogP contribution < -0.4 is 16.4 Å². The van der Waals surface area contributed by atoms with Crippen molar-refractivity contribution in [3.8, 4) is 0 Å². The van der Waals surface area contributed by atoms with Crippen LogP contribution in [0.1, 0.15) is 41.9 Å². The Balaban J connectivity index is 1.42. The fourth-order valence-corrected chi connectivity index (χ4v) is 5.00. The average Bonchev–Trinajstić information content (AvgIpc) is 3.34. The van der Waals surface area contributed by atoms with Crippen LogP contribution in [0.25, 0.3) is 0 Å². The molecule has 0 aromatic carbocycles. The molecule has 1 fully saturated rings. The second-order valence-corrected chi connectivity index (χ2v) is 8.69. The molecule has 2 aromatic heterocycles. The molecule has 1 amide bonds. The van der Waals surface area contributed by atoms with Gasteiger partial charge in [-0.2, -0.15) is 4.37 Å². The number of hydrogen-bond acceptors (Lipinski definition) is 9. The average molecular weight is 418 g/mol. The van der Waals surface area contributed by atoms with Crippen molar-refractivity contribution in [2.24, 2.45) is 5.73 Å². The maximum absolute atomic E-state index is 11.7. The smallest absolute Gasteiger partial charge is 0.271 e. The molecule has 148 valence electrons. The van der Waals surface area contributed by atoms with Gasteiger partial charge in [-0.1, -0.05) is 0 Å². The molecule has 0 saturated heterocycles. The molecule has 3 heterocycles. The van der Waals surface area contributed by atoms with Crippen LogP contribution in [-0.4, -0.2) is 43.1 Å². The van der Waals surface area contributed by atoms with E-state index in [0.29, 0.717) is 23.7 Å². The van der Waals surface area contributed by atoms with Crippen molar-refractivity contribution in [1.82, 2.24) is 19.2 Å². The van der Waals surface area contributed by atoms with Gasteiger partial charge in [0.05, 0.1) is 17.8 Å². The van der Waals surface area contributed by atoms with Gasteiger partial charge in [-0.15, -0.1) is 11.8 Å². The van der Waals surface area contributed by atoms with Crippen LogP contribution in [0.2, 0.25) is 0 Å². The Morgan fingerprint density at radius 3 is 2.79 bits per heavy atom. The lowest BCUT2D eigenvalue weighted by Crippen LogP contribution is -2.36. The van der Waals surface area contributed by atoms with Gasteiger partial charge in [0, 0.05) is 18.3 Å². The van der Waals surface area contributed by atoms with Crippen LogP contribution >= 0.6 is 23.3 Å². The maximum Gasteiger partial charge on any atom is 0.271 e. The Kier molecular flexibility index (Phi) is 5.67. The van der Waals surface area contributed by atoms with Crippen LogP contribution in [-0.2, 0) is 0 Å². The Morgan fingerprint density at radius 2 is 2.14 bits per heavy atom. The summed E-state index contributed by atoms with van der Waals surface area (Å²) in [6.45, 7) is 1.91. The van der Waals surface area contributed by atoms with Crippen LogP contribution in [0.3, 0.4) is 0 Å². The van der Waals surface area contributed by atoms with E-state index in [4.69, 9.17) is 5.73 Å². The first-order chi connectivity index (χ1) is 13.6. The minimum Gasteiger partial charge on any atom is -0.366 e. The van der Waals surface area contributed by atoms with Gasteiger partial charge in [-0.05, 0) is 55.6 Å². The second-order valence-electron chi connectivity index (χ2n) is 7.02. The number of nitrogens with one attached hydrogen (secondary N) is 2. The van der Waals surface area contributed by atoms with E-state index in [9.17, 15) is 4.79 Å². The number of anilines is 3. The maximum atomic E-state index is 11.7. The first-order valence-electron chi connectivity index (χ1n) is 9.26. The van der Waals surface area contributed by atoms with E-state index in [2.05, 4.69) is 41.5 Å². The van der Waals surface area contributed by atoms with Crippen LogP contribution in [0.15, 0.2) is 23.9 Å². The first kappa shape index (κ1) is 19.0. The molecule has 10 heteroatoms. The summed E-state index contributed by atoms with van der Waals surface area (Å²) >= 11 is 3.16. The summed E-state index contributed by atoms with van der Waals surface area (Å²) in [4.78, 5) is 22.9. The van der Waals surface area contributed by atoms with E-state index in [-0.39, 0.29) is 5.69 Å². The van der Waals surface area contributed by atoms with Gasteiger partial charge in [0.1, 0.15) is 10.8 Å². The molecule has 4 N–H and O–H groups in total. The van der Waals surface area contributed by atoms with Crippen molar-refractivity contribution in [2.75, 3.05) is 16.5 Å². The highest BCUT2D eigenvalue weighted by molar-refractivity contribution is 8.02. The predicted octanol–water partition coefficient (Wildman–Crippen LogP) is 3.28. The molecule has 2 aromatic rings. The van der Waals surface area contributed by atoms with Gasteiger partial charge in [-0.3, -0.25) is 4.79 Å². The third kappa shape index (κ3) is 4.39. The molecule has 0 unspecified atom stereocenters. The quantitative estimate of drug-likeness (QED) is 0.657. The van der Waals surface area contributed by atoms with Gasteiger partial charge in [-0.25, -0.2) is 9.97 Å². The third-order valence-corrected chi connectivity index (χ3v) is 6.52. The highest BCUT2D eigenvalue weighted by atomic mass is 32.2. The van der Waals surface area contributed by atoms with Gasteiger partial charge in [0.2, 0.25) is 0 Å². The molecule has 28 heavy (non-hydrogen) atoms. The van der Waals surface area contributed by atoms with Crippen LogP contribution in [0.4, 0.5) is 16.6 Å². The summed E-state index contributed by atoms with van der Waals surface area (Å²) < 4.78 is 4.23. The number of aromatic nitrogens is 3. The normalized spacial score (nSPS) is 21.7. The molecule has 0 radical (unpaired) electrons. The molecule has 1 aliphatic carbocycles. The lowest BCUT2D eigenvalue weighted by Gasteiger charge is -2.34. The van der Waals surface area contributed by atoms with E-state index in [1.54, 1.807) is 6.20 Å². The van der Waals surface area contributed by atoms with Gasteiger partial charge in [0.25, 0.3) is 5.91 Å². The number of primary amides is 1. The number of hydrogen-bond donors (Lipinski definition) is 3. The van der Waals surface area contributed by atoms with Crippen molar-refractivity contribution in [3.63, 3.8) is 0 Å². The molecule has 0 bridgehead atoms. The standard InChI is InChI=1S/C18H23N7OS2/c1-11-8-15(28-24-11)23-18-16(17(19)26)20-9-14(22-18)21-12-2-4-13(5-3-12)25-6-7-27-10-25/h6-9,12-13H,2-5,10H2,1H3,(H2,19,26)(H2,21,22,23). The fourth-order valence-electron chi connectivity index (χ4n) is 3.55. The van der Waals surface area contributed by atoms with E-state index < -0.39 is 5.91 Å². The topological polar surface area (TPSA) is 109 Å². The summed E-state index contributed by atoms with van der Waals surface area (Å²) in [5.74, 6) is 1.46. The summed E-state index contributed by atoms with van der Waals surface area (Å²) in [5, 5.41) is 9.55. The fraction of sp³-hybridized carbons (Fsp3) is 0.444. The lowest BCUT2D eigenvalue weighted by molar-refractivity contribution is 0.0996. The monoisotopic (exact) mass is 417 g/mol. The summed E-state index contributed by atoms with van der Waals surface area (Å²) in [6.07, 6.45) is 8.25. The van der Waals surface area contributed by atoms with Crippen molar-refractivity contribution < 1.29 is 4.79 Å². The molecule has 0 spiro atoms. The first-order valence-corrected chi connectivity index (χ1v) is 11.1. The summed E-state index contributed by atoms with van der Waals surface area (Å²) in [6, 6.07) is 2.87. The van der Waals surface area contributed by atoms with E-state index in [0.717, 1.165) is 42.3 Å². The minimum atomic E-state index is -0.611. The molecule has 2 aliphatic rings. The minimum absolute atomic E-state index is 0.124. The number of nitrogens with two attached hydrogens (primary N) is 1. The van der Waals surface area contributed by atoms with Crippen LogP contribution in [0.5, 0.6) is 0 Å². The molecular formula is C18H23N7OS2. The van der Waals surface area contributed by atoms with E-state index in [1.165, 1.54) is 11.5 Å². The van der Waals surface area contributed by atoms with Crippen LogP contribution in [0, 0.1) is 6.92 Å². The zero-order valence-corrected chi connectivity index (χ0v) is 17.2. The highest BCUT2D eigenvalue weighted by Gasteiger charge is 2.26. The van der Waals surface area contributed by atoms with E-state index in [1.807, 2.05) is 24.8 Å². The lowest BCUT2D eigenvalue weighted by atomic mass is 9.90. The van der Waals surface area contributed by atoms with Crippen molar-refractivity contribution in [3.05, 3.63) is 35.3 Å². The molecule has 8 nitrogen and oxygen atoms in total. The molecule has 1 saturated carbocycles. The number of carbonyl (C=O) groups is 1. The SMILES string of the molecule is Cc1cc(Nc2nc(NC3CCC(N4C=CSC4)CC3)cnc2C(N)=O)sn1. The number of thioether (sulfide) groups is 1. The number of nitrogens with zero attached hydrogens (tertiary/aromatic N) is 4. The molecular weight excluding hydrogens is 394 g/mol. The second kappa shape index (κ2) is 8.36. The highest BCUT2D eigenvalue weighted by Crippen LogP contribution is 2.30. The van der Waals surface area contributed by atoms with E-state index >= 15 is 0 Å². The van der Waals surface area contributed by atoms with Gasteiger partial charge < -0.3 is 21.3 Å². The molecule has 0 atom stereocenters. The number of carbonyl (C=O) groups excluding carboxylic acids is 1.